The molecule has 3 rings (SSSR count). The van der Waals surface area contributed by atoms with Crippen molar-refractivity contribution < 1.29 is 43.1 Å². The largest absolute Gasteiger partial charge is 0.496 e. The lowest BCUT2D eigenvalue weighted by Gasteiger charge is -2.17. The van der Waals surface area contributed by atoms with Crippen LogP contribution in [0.25, 0.3) is 0 Å². The molecular formula is C19H21FN2O10. The number of nitrogens with one attached hydrogen (secondary N) is 1. The first kappa shape index (κ1) is 23.2. The number of carbonyl (C=O) groups is 1. The Morgan fingerprint density at radius 1 is 1.12 bits per heavy atom. The molecule has 0 radical (unpaired) electrons. The molecule has 0 spiro atoms. The number of aromatic amines is 1. The van der Waals surface area contributed by atoms with Crippen LogP contribution in [0.2, 0.25) is 0 Å². The normalized spacial score (nSPS) is 22.4. The minimum Gasteiger partial charge on any atom is -0.496 e. The van der Waals surface area contributed by atoms with Crippen LogP contribution in [0.15, 0.2) is 27.9 Å². The summed E-state index contributed by atoms with van der Waals surface area (Å²) in [6.07, 6.45) is -5.52. The minimum absolute atomic E-state index is 0.0562. The maximum Gasteiger partial charge on any atom is 0.345 e. The first-order valence-electron chi connectivity index (χ1n) is 9.21. The van der Waals surface area contributed by atoms with Gasteiger partial charge in [-0.2, -0.15) is 4.39 Å². The molecule has 0 aliphatic carbocycles. The molecule has 174 valence electrons. The highest BCUT2D eigenvalue weighted by atomic mass is 19.1. The van der Waals surface area contributed by atoms with E-state index in [0.29, 0.717) is 16.5 Å². The molecule has 3 N–H and O–H groups in total. The Morgan fingerprint density at radius 3 is 2.31 bits per heavy atom. The zero-order chi connectivity index (χ0) is 23.6. The Balaban J connectivity index is 1.78. The van der Waals surface area contributed by atoms with Gasteiger partial charge in [-0.3, -0.25) is 14.3 Å². The summed E-state index contributed by atoms with van der Waals surface area (Å²) in [5, 5.41) is 20.5. The van der Waals surface area contributed by atoms with Crippen LogP contribution in [0.1, 0.15) is 16.6 Å². The summed E-state index contributed by atoms with van der Waals surface area (Å²) < 4.78 is 40.2. The molecule has 12 nitrogen and oxygen atoms in total. The van der Waals surface area contributed by atoms with E-state index in [-0.39, 0.29) is 17.1 Å². The fraction of sp³-hybridized carbons (Fsp3) is 0.421. The van der Waals surface area contributed by atoms with Gasteiger partial charge in [-0.05, 0) is 0 Å². The van der Waals surface area contributed by atoms with Crippen molar-refractivity contribution in [2.45, 2.75) is 24.5 Å². The van der Waals surface area contributed by atoms with Crippen LogP contribution in [0.5, 0.6) is 17.2 Å². The molecule has 1 saturated heterocycles. The number of esters is 1. The number of benzene rings is 1. The third-order valence-electron chi connectivity index (χ3n) is 4.83. The predicted octanol–water partition coefficient (Wildman–Crippen LogP) is -0.822. The van der Waals surface area contributed by atoms with Gasteiger partial charge in [-0.15, -0.1) is 0 Å². The smallest absolute Gasteiger partial charge is 0.345 e. The van der Waals surface area contributed by atoms with Crippen molar-refractivity contribution in [1.82, 2.24) is 9.55 Å². The number of carbonyl (C=O) groups excluding carboxylic acids is 1. The zero-order valence-electron chi connectivity index (χ0n) is 17.2. The number of aliphatic hydroxyl groups excluding tert-OH is 2. The van der Waals surface area contributed by atoms with Gasteiger partial charge in [0.2, 0.25) is 5.82 Å². The number of aliphatic hydroxyl groups is 2. The number of nitrogens with zero attached hydrogens (tertiary/aromatic N) is 1. The van der Waals surface area contributed by atoms with E-state index in [1.54, 1.807) is 4.98 Å². The van der Waals surface area contributed by atoms with Crippen LogP contribution in [0.3, 0.4) is 0 Å². The molecule has 13 heteroatoms. The van der Waals surface area contributed by atoms with Gasteiger partial charge in [0, 0.05) is 12.1 Å². The molecule has 0 bridgehead atoms. The van der Waals surface area contributed by atoms with Crippen LogP contribution in [-0.4, -0.2) is 72.0 Å². The molecule has 1 aromatic carbocycles. The summed E-state index contributed by atoms with van der Waals surface area (Å²) in [6.45, 7) is -0.535. The van der Waals surface area contributed by atoms with Gasteiger partial charge in [-0.1, -0.05) is 0 Å². The van der Waals surface area contributed by atoms with Gasteiger partial charge < -0.3 is 33.9 Å². The molecule has 1 fully saturated rings. The van der Waals surface area contributed by atoms with Gasteiger partial charge in [-0.25, -0.2) is 9.59 Å². The Bertz CT molecular complexity index is 1090. The van der Waals surface area contributed by atoms with Gasteiger partial charge in [0.1, 0.15) is 47.7 Å². The van der Waals surface area contributed by atoms with Crippen LogP contribution >= 0.6 is 0 Å². The maximum atomic E-state index is 13.6. The second kappa shape index (κ2) is 9.38. The highest BCUT2D eigenvalue weighted by molar-refractivity contribution is 5.96. The second-order valence-corrected chi connectivity index (χ2v) is 6.70. The lowest BCUT2D eigenvalue weighted by atomic mass is 10.1. The van der Waals surface area contributed by atoms with Crippen molar-refractivity contribution >= 4 is 5.97 Å². The number of H-pyrrole nitrogens is 1. The van der Waals surface area contributed by atoms with Gasteiger partial charge in [0.15, 0.2) is 6.23 Å². The number of hydrogen-bond acceptors (Lipinski definition) is 10. The number of halogens is 1. The minimum atomic E-state index is -1.67. The molecule has 4 unspecified atom stereocenters. The third-order valence-corrected chi connectivity index (χ3v) is 4.83. The summed E-state index contributed by atoms with van der Waals surface area (Å²) in [7, 11) is 4.08. The highest BCUT2D eigenvalue weighted by Crippen LogP contribution is 2.35. The Morgan fingerprint density at radius 2 is 1.75 bits per heavy atom. The number of rotatable bonds is 7. The first-order valence-corrected chi connectivity index (χ1v) is 9.21. The van der Waals surface area contributed by atoms with Gasteiger partial charge in [0.05, 0.1) is 27.5 Å². The van der Waals surface area contributed by atoms with E-state index in [1.165, 1.54) is 33.5 Å². The van der Waals surface area contributed by atoms with E-state index in [4.69, 9.17) is 23.7 Å². The van der Waals surface area contributed by atoms with Crippen molar-refractivity contribution in [1.29, 1.82) is 0 Å². The van der Waals surface area contributed by atoms with Crippen molar-refractivity contribution in [2.75, 3.05) is 27.9 Å². The van der Waals surface area contributed by atoms with Crippen LogP contribution < -0.4 is 25.5 Å². The molecule has 2 heterocycles. The van der Waals surface area contributed by atoms with Crippen LogP contribution in [-0.2, 0) is 9.47 Å². The number of ether oxygens (including phenoxy) is 5. The molecule has 1 aliphatic rings. The predicted molar refractivity (Wildman–Crippen MR) is 104 cm³/mol. The van der Waals surface area contributed by atoms with Crippen molar-refractivity contribution in [3.63, 3.8) is 0 Å². The molecule has 32 heavy (non-hydrogen) atoms. The first-order chi connectivity index (χ1) is 15.2. The molecule has 1 aromatic heterocycles. The molecule has 1 aliphatic heterocycles. The summed E-state index contributed by atoms with van der Waals surface area (Å²) in [5.74, 6) is -1.60. The van der Waals surface area contributed by atoms with E-state index >= 15 is 0 Å². The van der Waals surface area contributed by atoms with E-state index in [2.05, 4.69) is 0 Å². The van der Waals surface area contributed by atoms with E-state index < -0.39 is 54.2 Å². The topological polar surface area (TPSA) is 159 Å². The fourth-order valence-corrected chi connectivity index (χ4v) is 3.18. The van der Waals surface area contributed by atoms with Crippen LogP contribution in [0.4, 0.5) is 4.39 Å². The lowest BCUT2D eigenvalue weighted by Crippen LogP contribution is -2.38. The van der Waals surface area contributed by atoms with Gasteiger partial charge in [0.25, 0.3) is 5.56 Å². The highest BCUT2D eigenvalue weighted by Gasteiger charge is 2.45. The quantitative estimate of drug-likeness (QED) is 0.449. The van der Waals surface area contributed by atoms with E-state index in [0.717, 1.165) is 0 Å². The summed E-state index contributed by atoms with van der Waals surface area (Å²) >= 11 is 0. The summed E-state index contributed by atoms with van der Waals surface area (Å²) in [6, 6.07) is 2.88. The third kappa shape index (κ3) is 4.30. The maximum absolute atomic E-state index is 13.6. The second-order valence-electron chi connectivity index (χ2n) is 6.70. The Kier molecular flexibility index (Phi) is 6.81. The Labute approximate surface area is 179 Å². The molecule has 0 amide bonds. The monoisotopic (exact) mass is 456 g/mol. The summed E-state index contributed by atoms with van der Waals surface area (Å²) in [4.78, 5) is 37.5. The number of hydrogen-bond donors (Lipinski definition) is 3. The van der Waals surface area contributed by atoms with Crippen molar-refractivity contribution in [3.8, 4) is 17.2 Å². The zero-order valence-corrected chi connectivity index (χ0v) is 17.2. The van der Waals surface area contributed by atoms with Gasteiger partial charge >= 0.3 is 11.7 Å². The molecule has 0 saturated carbocycles. The number of methoxy groups -OCH3 is 3. The van der Waals surface area contributed by atoms with E-state index in [9.17, 15) is 29.0 Å². The Hall–Kier alpha value is -3.42. The standard InChI is InChI=1S/C19H21FN2O10/c1-28-8-4-10(29-2)13(11(5-8)30-3)18(26)31-7-12-14(23)15(24)17(32-12)22-6-9(20)16(25)21-19(22)27/h4-6,12,14-15,17,23-24H,7H2,1-3H3,(H,21,25,27). The van der Waals surface area contributed by atoms with Crippen LogP contribution in [0, 0.1) is 5.82 Å². The SMILES string of the molecule is COc1cc(OC)c(C(=O)OCC2OC(n3cc(F)c(=O)[nH]c3=O)C(O)C2O)c(OC)c1. The summed E-state index contributed by atoms with van der Waals surface area (Å²) in [5.41, 5.74) is -2.36. The molecule has 4 atom stereocenters. The van der Waals surface area contributed by atoms with E-state index in [1.807, 2.05) is 0 Å². The van der Waals surface area contributed by atoms with Crippen molar-refractivity contribution in [2.24, 2.45) is 0 Å². The fourth-order valence-electron chi connectivity index (χ4n) is 3.18. The van der Waals surface area contributed by atoms with Crippen molar-refractivity contribution in [3.05, 3.63) is 50.5 Å². The average molecular weight is 456 g/mol. The molecule has 2 aromatic rings. The average Bonchev–Trinajstić information content (AvgIpc) is 3.07. The molecular weight excluding hydrogens is 435 g/mol. The number of aromatic nitrogens is 2. The lowest BCUT2D eigenvalue weighted by molar-refractivity contribution is -0.0603.